The van der Waals surface area contributed by atoms with Crippen molar-refractivity contribution < 1.29 is 4.79 Å². The smallest absolute Gasteiger partial charge is 0.270 e. The maximum Gasteiger partial charge on any atom is 0.270 e. The van der Waals surface area contributed by atoms with E-state index < -0.39 is 0 Å². The van der Waals surface area contributed by atoms with E-state index in [0.717, 1.165) is 35.7 Å². The molecule has 7 nitrogen and oxygen atoms in total. The number of aromatic nitrogens is 3. The lowest BCUT2D eigenvalue weighted by molar-refractivity contribution is 0.0938. The molecule has 0 atom stereocenters. The van der Waals surface area contributed by atoms with Gasteiger partial charge in [0.15, 0.2) is 0 Å². The van der Waals surface area contributed by atoms with Crippen molar-refractivity contribution in [3.8, 4) is 0 Å². The van der Waals surface area contributed by atoms with Crippen LogP contribution in [0.3, 0.4) is 0 Å². The highest BCUT2D eigenvalue weighted by molar-refractivity contribution is 5.93. The minimum atomic E-state index is -0.175. The maximum absolute atomic E-state index is 12.4. The third-order valence-electron chi connectivity index (χ3n) is 5.06. The van der Waals surface area contributed by atoms with Gasteiger partial charge in [-0.1, -0.05) is 0 Å². The van der Waals surface area contributed by atoms with Crippen LogP contribution in [0.5, 0.6) is 0 Å². The molecule has 1 saturated carbocycles. The molecule has 1 aliphatic carbocycles. The quantitative estimate of drug-likeness (QED) is 0.841. The summed E-state index contributed by atoms with van der Waals surface area (Å²) < 4.78 is 0. The normalized spacial score (nSPS) is 16.3. The zero-order valence-electron chi connectivity index (χ0n) is 15.8. The third-order valence-corrected chi connectivity index (χ3v) is 5.06. The van der Waals surface area contributed by atoms with Crippen LogP contribution < -0.4 is 15.8 Å². The van der Waals surface area contributed by atoms with Crippen molar-refractivity contribution in [2.45, 2.75) is 52.1 Å². The van der Waals surface area contributed by atoms with Crippen LogP contribution in [0.2, 0.25) is 0 Å². The number of H-pyrrole nitrogens is 1. The maximum atomic E-state index is 12.4. The zero-order valence-corrected chi connectivity index (χ0v) is 15.8. The van der Waals surface area contributed by atoms with E-state index in [-0.39, 0.29) is 17.5 Å². The number of fused-ring (bicyclic) bond motifs is 1. The number of carbonyl (C=O) groups excluding carboxylic acids is 1. The number of hydrogen-bond acceptors (Lipinski definition) is 5. The standard InChI is InChI=1S/C20H25N5O2/c1-12(2)22-20(27)16-10-14(5-7-21-16)25-8-6-15-17(11-25)23-18(24-19(15)26)9-13-3-4-13/h5,7,10,12-13H,3-4,6,8-9,11H2,1-2H3,(H,22,27)(H,23,24,26). The third kappa shape index (κ3) is 4.02. The average molecular weight is 367 g/mol. The number of pyridine rings is 1. The van der Waals surface area contributed by atoms with Gasteiger partial charge in [0.2, 0.25) is 0 Å². The van der Waals surface area contributed by atoms with Crippen molar-refractivity contribution in [2.75, 3.05) is 11.4 Å². The summed E-state index contributed by atoms with van der Waals surface area (Å²) in [7, 11) is 0. The highest BCUT2D eigenvalue weighted by Gasteiger charge is 2.26. The Morgan fingerprint density at radius 2 is 2.22 bits per heavy atom. The van der Waals surface area contributed by atoms with Crippen molar-refractivity contribution >= 4 is 11.6 Å². The van der Waals surface area contributed by atoms with Crippen LogP contribution in [0.1, 0.15) is 54.3 Å². The van der Waals surface area contributed by atoms with Gasteiger partial charge in [-0.25, -0.2) is 4.98 Å². The van der Waals surface area contributed by atoms with E-state index in [1.165, 1.54) is 12.8 Å². The number of anilines is 1. The zero-order chi connectivity index (χ0) is 19.0. The molecule has 2 aromatic rings. The minimum Gasteiger partial charge on any atom is -0.365 e. The van der Waals surface area contributed by atoms with Crippen LogP contribution in [0.25, 0.3) is 0 Å². The predicted octanol–water partition coefficient (Wildman–Crippen LogP) is 1.82. The van der Waals surface area contributed by atoms with Gasteiger partial charge in [-0.15, -0.1) is 0 Å². The van der Waals surface area contributed by atoms with Crippen LogP contribution in [0.4, 0.5) is 5.69 Å². The number of hydrogen-bond donors (Lipinski definition) is 2. The molecule has 2 aliphatic rings. The highest BCUT2D eigenvalue weighted by atomic mass is 16.2. The lowest BCUT2D eigenvalue weighted by Crippen LogP contribution is -2.36. The van der Waals surface area contributed by atoms with Gasteiger partial charge in [-0.3, -0.25) is 14.6 Å². The highest BCUT2D eigenvalue weighted by Crippen LogP contribution is 2.31. The fourth-order valence-electron chi connectivity index (χ4n) is 3.48. The number of nitrogens with zero attached hydrogens (tertiary/aromatic N) is 3. The van der Waals surface area contributed by atoms with Crippen LogP contribution in [-0.2, 0) is 19.4 Å². The SMILES string of the molecule is CC(C)NC(=O)c1cc(N2CCc3c(nc(CC4CC4)[nH]c3=O)C2)ccn1. The lowest BCUT2D eigenvalue weighted by Gasteiger charge is -2.30. The molecule has 4 rings (SSSR count). The number of amides is 1. The summed E-state index contributed by atoms with van der Waals surface area (Å²) in [6.07, 6.45) is 5.62. The van der Waals surface area contributed by atoms with E-state index in [1.54, 1.807) is 12.3 Å². The number of carbonyl (C=O) groups is 1. The van der Waals surface area contributed by atoms with Crippen molar-refractivity contribution in [3.63, 3.8) is 0 Å². The summed E-state index contributed by atoms with van der Waals surface area (Å²) in [5.74, 6) is 1.30. The summed E-state index contributed by atoms with van der Waals surface area (Å²) >= 11 is 0. The molecule has 2 N–H and O–H groups in total. The predicted molar refractivity (Wildman–Crippen MR) is 103 cm³/mol. The molecule has 0 spiro atoms. The Hall–Kier alpha value is -2.70. The van der Waals surface area contributed by atoms with Crippen LogP contribution in [0.15, 0.2) is 23.1 Å². The first-order chi connectivity index (χ1) is 13.0. The average Bonchev–Trinajstić information content (AvgIpc) is 3.45. The Labute approximate surface area is 158 Å². The fourth-order valence-corrected chi connectivity index (χ4v) is 3.48. The van der Waals surface area contributed by atoms with Gasteiger partial charge >= 0.3 is 0 Å². The molecular formula is C20H25N5O2. The first-order valence-electron chi connectivity index (χ1n) is 9.62. The Kier molecular flexibility index (Phi) is 4.68. The molecule has 1 aliphatic heterocycles. The van der Waals surface area contributed by atoms with Crippen molar-refractivity contribution in [1.82, 2.24) is 20.3 Å². The molecule has 7 heteroatoms. The molecular weight excluding hydrogens is 342 g/mol. The van der Waals surface area contributed by atoms with Gasteiger partial charge in [0, 0.05) is 36.5 Å². The molecule has 0 saturated heterocycles. The van der Waals surface area contributed by atoms with Gasteiger partial charge in [-0.05, 0) is 51.2 Å². The Morgan fingerprint density at radius 1 is 1.41 bits per heavy atom. The summed E-state index contributed by atoms with van der Waals surface area (Å²) in [6.45, 7) is 5.14. The first kappa shape index (κ1) is 17.7. The van der Waals surface area contributed by atoms with Crippen LogP contribution >= 0.6 is 0 Å². The summed E-state index contributed by atoms with van der Waals surface area (Å²) in [5.41, 5.74) is 2.97. The van der Waals surface area contributed by atoms with Gasteiger partial charge < -0.3 is 15.2 Å². The molecule has 0 unspecified atom stereocenters. The molecule has 142 valence electrons. The fraction of sp³-hybridized carbons (Fsp3) is 0.500. The second-order valence-corrected chi connectivity index (χ2v) is 7.78. The van der Waals surface area contributed by atoms with Gasteiger partial charge in [0.05, 0.1) is 12.2 Å². The number of aromatic amines is 1. The molecule has 1 fully saturated rings. The number of rotatable bonds is 5. The van der Waals surface area contributed by atoms with Gasteiger partial charge in [0.25, 0.3) is 11.5 Å². The van der Waals surface area contributed by atoms with E-state index in [4.69, 9.17) is 4.98 Å². The van der Waals surface area contributed by atoms with Crippen LogP contribution in [0, 0.1) is 5.92 Å². The molecule has 27 heavy (non-hydrogen) atoms. The topological polar surface area (TPSA) is 91.0 Å². The Bertz CT molecular complexity index is 917. The van der Waals surface area contributed by atoms with Crippen molar-refractivity contribution in [3.05, 3.63) is 51.5 Å². The van der Waals surface area contributed by atoms with Crippen molar-refractivity contribution in [2.24, 2.45) is 5.92 Å². The van der Waals surface area contributed by atoms with Crippen LogP contribution in [-0.4, -0.2) is 33.4 Å². The molecule has 3 heterocycles. The largest absolute Gasteiger partial charge is 0.365 e. The molecule has 2 aromatic heterocycles. The van der Waals surface area contributed by atoms with E-state index in [0.29, 0.717) is 24.6 Å². The van der Waals surface area contributed by atoms with E-state index in [1.807, 2.05) is 19.9 Å². The Balaban J connectivity index is 1.56. The monoisotopic (exact) mass is 367 g/mol. The van der Waals surface area contributed by atoms with E-state index in [2.05, 4.69) is 20.2 Å². The lowest BCUT2D eigenvalue weighted by atomic mass is 10.1. The number of nitrogens with one attached hydrogen (secondary N) is 2. The molecule has 1 amide bonds. The summed E-state index contributed by atoms with van der Waals surface area (Å²) in [4.78, 5) is 38.7. The summed E-state index contributed by atoms with van der Waals surface area (Å²) in [5, 5.41) is 2.87. The second-order valence-electron chi connectivity index (χ2n) is 7.78. The molecule has 0 radical (unpaired) electrons. The first-order valence-corrected chi connectivity index (χ1v) is 9.62. The Morgan fingerprint density at radius 3 is 2.96 bits per heavy atom. The minimum absolute atomic E-state index is 0.00188. The summed E-state index contributed by atoms with van der Waals surface area (Å²) in [6, 6.07) is 3.77. The van der Waals surface area contributed by atoms with Gasteiger partial charge in [-0.2, -0.15) is 0 Å². The molecule has 0 aromatic carbocycles. The molecule has 0 bridgehead atoms. The van der Waals surface area contributed by atoms with Gasteiger partial charge in [0.1, 0.15) is 11.5 Å². The van der Waals surface area contributed by atoms with E-state index in [9.17, 15) is 9.59 Å². The van der Waals surface area contributed by atoms with Crippen molar-refractivity contribution in [1.29, 1.82) is 0 Å². The second kappa shape index (κ2) is 7.13. The van der Waals surface area contributed by atoms with E-state index >= 15 is 0 Å².